The summed E-state index contributed by atoms with van der Waals surface area (Å²) in [5, 5.41) is 2.80. The predicted octanol–water partition coefficient (Wildman–Crippen LogP) is 4.18. The molecule has 0 bridgehead atoms. The fraction of sp³-hybridized carbons (Fsp3) is 0.278. The first-order chi connectivity index (χ1) is 10.6. The van der Waals surface area contributed by atoms with Crippen molar-refractivity contribution in [2.75, 3.05) is 5.32 Å². The summed E-state index contributed by atoms with van der Waals surface area (Å²) in [5.41, 5.74) is 1.91. The Balaban J connectivity index is 2.03. The Morgan fingerprint density at radius 3 is 2.41 bits per heavy atom. The van der Waals surface area contributed by atoms with E-state index >= 15 is 0 Å². The highest BCUT2D eigenvalue weighted by molar-refractivity contribution is 5.94. The second kappa shape index (κ2) is 7.59. The van der Waals surface area contributed by atoms with E-state index in [2.05, 4.69) is 12.2 Å². The molecule has 0 spiro atoms. The van der Waals surface area contributed by atoms with E-state index in [0.29, 0.717) is 12.1 Å². The number of hydrogen-bond acceptors (Lipinski definition) is 2. The molecule has 4 heteroatoms. The van der Waals surface area contributed by atoms with Gasteiger partial charge in [-0.05, 0) is 42.7 Å². The summed E-state index contributed by atoms with van der Waals surface area (Å²) < 4.78 is 19.1. The summed E-state index contributed by atoms with van der Waals surface area (Å²) in [6.45, 7) is 3.90. The van der Waals surface area contributed by atoms with E-state index in [1.54, 1.807) is 12.1 Å². The van der Waals surface area contributed by atoms with Crippen molar-refractivity contribution in [1.29, 1.82) is 0 Å². The smallest absolute Gasteiger partial charge is 0.265 e. The molecule has 116 valence electrons. The summed E-state index contributed by atoms with van der Waals surface area (Å²) in [7, 11) is 0. The zero-order chi connectivity index (χ0) is 15.9. The zero-order valence-corrected chi connectivity index (χ0v) is 12.8. The van der Waals surface area contributed by atoms with Crippen LogP contribution in [0.25, 0.3) is 0 Å². The molecule has 0 heterocycles. The molecule has 1 N–H and O–H groups in total. The maximum absolute atomic E-state index is 13.6. The average Bonchev–Trinajstić information content (AvgIpc) is 2.54. The normalized spacial score (nSPS) is 11.8. The molecule has 0 saturated carbocycles. The number of halogens is 1. The number of rotatable bonds is 6. The van der Waals surface area contributed by atoms with Gasteiger partial charge in [0.25, 0.3) is 5.91 Å². The molecule has 0 unspecified atom stereocenters. The molecule has 2 aromatic rings. The number of carbonyl (C=O) groups excluding carboxylic acids is 1. The fourth-order valence-corrected chi connectivity index (χ4v) is 2.06. The monoisotopic (exact) mass is 301 g/mol. The third kappa shape index (κ3) is 4.07. The standard InChI is InChI=1S/C18H20FNO2/c1-3-13-9-11-14(12-10-13)20-18(21)16(4-2)22-17-8-6-5-7-15(17)19/h5-12,16H,3-4H2,1-2H3,(H,20,21)/t16-/m0/s1. The molecule has 2 aromatic carbocycles. The molecular formula is C18H20FNO2. The van der Waals surface area contributed by atoms with Gasteiger partial charge in [-0.2, -0.15) is 0 Å². The third-order valence-corrected chi connectivity index (χ3v) is 3.40. The summed E-state index contributed by atoms with van der Waals surface area (Å²) in [5.74, 6) is -0.665. The maximum Gasteiger partial charge on any atom is 0.265 e. The molecule has 0 aliphatic carbocycles. The van der Waals surface area contributed by atoms with Crippen molar-refractivity contribution in [3.8, 4) is 5.75 Å². The Morgan fingerprint density at radius 1 is 1.14 bits per heavy atom. The van der Waals surface area contributed by atoms with Crippen LogP contribution in [0.15, 0.2) is 48.5 Å². The SMILES string of the molecule is CCc1ccc(NC(=O)[C@H](CC)Oc2ccccc2F)cc1. The van der Waals surface area contributed by atoms with E-state index in [1.807, 2.05) is 31.2 Å². The first-order valence-corrected chi connectivity index (χ1v) is 7.45. The van der Waals surface area contributed by atoms with Crippen LogP contribution in [0.5, 0.6) is 5.75 Å². The van der Waals surface area contributed by atoms with Crippen molar-refractivity contribution in [3.63, 3.8) is 0 Å². The van der Waals surface area contributed by atoms with Gasteiger partial charge < -0.3 is 10.1 Å². The van der Waals surface area contributed by atoms with Crippen molar-refractivity contribution in [1.82, 2.24) is 0 Å². The van der Waals surface area contributed by atoms with E-state index in [0.717, 1.165) is 6.42 Å². The van der Waals surface area contributed by atoms with Gasteiger partial charge in [0, 0.05) is 5.69 Å². The van der Waals surface area contributed by atoms with Crippen molar-refractivity contribution in [2.45, 2.75) is 32.8 Å². The topological polar surface area (TPSA) is 38.3 Å². The minimum atomic E-state index is -0.734. The predicted molar refractivity (Wildman–Crippen MR) is 85.6 cm³/mol. The van der Waals surface area contributed by atoms with Gasteiger partial charge in [0.15, 0.2) is 17.7 Å². The highest BCUT2D eigenvalue weighted by Crippen LogP contribution is 2.19. The number of aryl methyl sites for hydroxylation is 1. The van der Waals surface area contributed by atoms with Gasteiger partial charge in [0.05, 0.1) is 0 Å². The van der Waals surface area contributed by atoms with Gasteiger partial charge in [-0.3, -0.25) is 4.79 Å². The number of ether oxygens (including phenoxy) is 1. The Kier molecular flexibility index (Phi) is 5.53. The Bertz CT molecular complexity index is 625. The van der Waals surface area contributed by atoms with Crippen LogP contribution in [0.4, 0.5) is 10.1 Å². The lowest BCUT2D eigenvalue weighted by molar-refractivity contribution is -0.122. The lowest BCUT2D eigenvalue weighted by atomic mass is 10.1. The Labute approximate surface area is 130 Å². The molecule has 2 rings (SSSR count). The van der Waals surface area contributed by atoms with Crippen LogP contribution in [-0.2, 0) is 11.2 Å². The van der Waals surface area contributed by atoms with E-state index < -0.39 is 11.9 Å². The first-order valence-electron chi connectivity index (χ1n) is 7.45. The minimum Gasteiger partial charge on any atom is -0.478 e. The van der Waals surface area contributed by atoms with Crippen LogP contribution in [0.1, 0.15) is 25.8 Å². The number of para-hydroxylation sites is 1. The highest BCUT2D eigenvalue weighted by Gasteiger charge is 2.19. The van der Waals surface area contributed by atoms with Crippen molar-refractivity contribution >= 4 is 11.6 Å². The molecule has 0 fully saturated rings. The van der Waals surface area contributed by atoms with Crippen LogP contribution in [0.3, 0.4) is 0 Å². The summed E-state index contributed by atoms with van der Waals surface area (Å²) in [6.07, 6.45) is 0.665. The van der Waals surface area contributed by atoms with Crippen LogP contribution < -0.4 is 10.1 Å². The molecule has 1 atom stereocenters. The molecule has 3 nitrogen and oxygen atoms in total. The van der Waals surface area contributed by atoms with Crippen LogP contribution in [0.2, 0.25) is 0 Å². The van der Waals surface area contributed by atoms with Gasteiger partial charge in [0.2, 0.25) is 0 Å². The first kappa shape index (κ1) is 16.0. The fourth-order valence-electron chi connectivity index (χ4n) is 2.06. The van der Waals surface area contributed by atoms with E-state index in [4.69, 9.17) is 4.74 Å². The lowest BCUT2D eigenvalue weighted by Gasteiger charge is -2.17. The van der Waals surface area contributed by atoms with Gasteiger partial charge in [-0.1, -0.05) is 38.1 Å². The van der Waals surface area contributed by atoms with Gasteiger partial charge in [-0.15, -0.1) is 0 Å². The van der Waals surface area contributed by atoms with E-state index in [-0.39, 0.29) is 11.7 Å². The van der Waals surface area contributed by atoms with E-state index in [9.17, 15) is 9.18 Å². The van der Waals surface area contributed by atoms with Crippen LogP contribution in [0, 0.1) is 5.82 Å². The van der Waals surface area contributed by atoms with Crippen LogP contribution >= 0.6 is 0 Å². The van der Waals surface area contributed by atoms with Gasteiger partial charge in [-0.25, -0.2) is 4.39 Å². The molecule has 1 amide bonds. The summed E-state index contributed by atoms with van der Waals surface area (Å²) in [6, 6.07) is 13.7. The van der Waals surface area contributed by atoms with Crippen molar-refractivity contribution < 1.29 is 13.9 Å². The molecule has 0 aromatic heterocycles. The molecule has 0 aliphatic heterocycles. The molecule has 0 aliphatic rings. The number of carbonyl (C=O) groups is 1. The summed E-state index contributed by atoms with van der Waals surface area (Å²) >= 11 is 0. The number of amides is 1. The zero-order valence-electron chi connectivity index (χ0n) is 12.8. The summed E-state index contributed by atoms with van der Waals surface area (Å²) in [4.78, 5) is 12.3. The Morgan fingerprint density at radius 2 is 1.82 bits per heavy atom. The lowest BCUT2D eigenvalue weighted by Crippen LogP contribution is -2.32. The molecule has 0 radical (unpaired) electrons. The van der Waals surface area contributed by atoms with Gasteiger partial charge >= 0.3 is 0 Å². The second-order valence-corrected chi connectivity index (χ2v) is 4.98. The van der Waals surface area contributed by atoms with Crippen molar-refractivity contribution in [3.05, 3.63) is 59.9 Å². The third-order valence-electron chi connectivity index (χ3n) is 3.40. The number of anilines is 1. The largest absolute Gasteiger partial charge is 0.478 e. The Hall–Kier alpha value is -2.36. The molecular weight excluding hydrogens is 281 g/mol. The highest BCUT2D eigenvalue weighted by atomic mass is 19.1. The number of nitrogens with one attached hydrogen (secondary N) is 1. The number of hydrogen-bond donors (Lipinski definition) is 1. The average molecular weight is 301 g/mol. The second-order valence-electron chi connectivity index (χ2n) is 4.98. The number of benzene rings is 2. The maximum atomic E-state index is 13.6. The quantitative estimate of drug-likeness (QED) is 0.869. The van der Waals surface area contributed by atoms with Crippen LogP contribution in [-0.4, -0.2) is 12.0 Å². The van der Waals surface area contributed by atoms with Crippen molar-refractivity contribution in [2.24, 2.45) is 0 Å². The molecule has 0 saturated heterocycles. The van der Waals surface area contributed by atoms with Gasteiger partial charge in [0.1, 0.15) is 0 Å². The molecule has 22 heavy (non-hydrogen) atoms. The van der Waals surface area contributed by atoms with E-state index in [1.165, 1.54) is 17.7 Å². The minimum absolute atomic E-state index is 0.0887.